The average Bonchev–Trinajstić information content (AvgIpc) is 2.89. The first-order valence-corrected chi connectivity index (χ1v) is 8.51. The van der Waals surface area contributed by atoms with Gasteiger partial charge in [-0.1, -0.05) is 40.5 Å². The van der Waals surface area contributed by atoms with E-state index in [1.807, 2.05) is 11.3 Å². The number of rotatable bonds is 4. The molecule has 2 nitrogen and oxygen atoms in total. The third-order valence-electron chi connectivity index (χ3n) is 4.73. The van der Waals surface area contributed by atoms with Gasteiger partial charge in [0.1, 0.15) is 5.01 Å². The zero-order valence-corrected chi connectivity index (χ0v) is 13.8. The summed E-state index contributed by atoms with van der Waals surface area (Å²) in [7, 11) is 2.11. The van der Waals surface area contributed by atoms with E-state index in [9.17, 15) is 0 Å². The Bertz CT molecular complexity index is 411. The fourth-order valence-corrected chi connectivity index (χ4v) is 4.41. The van der Waals surface area contributed by atoms with E-state index in [1.54, 1.807) is 0 Å². The van der Waals surface area contributed by atoms with E-state index in [4.69, 9.17) is 4.98 Å². The molecule has 2 unspecified atom stereocenters. The summed E-state index contributed by atoms with van der Waals surface area (Å²) in [5.41, 5.74) is 1.38. The highest BCUT2D eigenvalue weighted by atomic mass is 32.1. The molecule has 1 saturated carbocycles. The Morgan fingerprint density at radius 2 is 2.11 bits per heavy atom. The third kappa shape index (κ3) is 3.03. The van der Waals surface area contributed by atoms with Crippen molar-refractivity contribution in [2.45, 2.75) is 64.8 Å². The minimum atomic E-state index is 0.130. The lowest BCUT2D eigenvalue weighted by molar-refractivity contribution is 0.155. The summed E-state index contributed by atoms with van der Waals surface area (Å²) in [6, 6.07) is 0. The molecule has 0 radical (unpaired) electrons. The van der Waals surface area contributed by atoms with Crippen LogP contribution in [0.3, 0.4) is 0 Å². The maximum Gasteiger partial charge on any atom is 0.113 e. The van der Waals surface area contributed by atoms with Gasteiger partial charge in [-0.2, -0.15) is 0 Å². The quantitative estimate of drug-likeness (QED) is 0.876. The number of aromatic nitrogens is 1. The summed E-state index contributed by atoms with van der Waals surface area (Å²) in [4.78, 5) is 4.93. The SMILES string of the molecule is CNC1(c2nc(C(C)C)cs2)CCCC(C(C)C)C1. The standard InChI is InChI=1S/C16H28N2S/c1-11(2)13-7-6-8-16(9-13,17-5)15-18-14(10-19-15)12(3)4/h10-13,17H,6-9H2,1-5H3. The van der Waals surface area contributed by atoms with Crippen molar-refractivity contribution in [2.24, 2.45) is 11.8 Å². The molecule has 1 aromatic rings. The lowest BCUT2D eigenvalue weighted by atomic mass is 9.72. The Morgan fingerprint density at radius 3 is 2.63 bits per heavy atom. The number of thiazole rings is 1. The minimum Gasteiger partial charge on any atom is -0.308 e. The predicted octanol–water partition coefficient (Wildman–Crippen LogP) is 4.53. The van der Waals surface area contributed by atoms with Crippen LogP contribution in [-0.2, 0) is 5.54 Å². The zero-order chi connectivity index (χ0) is 14.0. The first-order valence-electron chi connectivity index (χ1n) is 7.63. The Labute approximate surface area is 122 Å². The van der Waals surface area contributed by atoms with Gasteiger partial charge in [0.15, 0.2) is 0 Å². The van der Waals surface area contributed by atoms with Crippen LogP contribution in [0.5, 0.6) is 0 Å². The molecule has 0 aliphatic heterocycles. The van der Waals surface area contributed by atoms with E-state index in [1.165, 1.54) is 36.4 Å². The Kier molecular flexibility index (Phi) is 4.67. The maximum atomic E-state index is 4.93. The van der Waals surface area contributed by atoms with Crippen molar-refractivity contribution in [2.75, 3.05) is 7.05 Å². The molecule has 1 aliphatic rings. The first kappa shape index (κ1) is 15.0. The van der Waals surface area contributed by atoms with Crippen molar-refractivity contribution in [3.8, 4) is 0 Å². The van der Waals surface area contributed by atoms with Crippen LogP contribution in [0.1, 0.15) is 70.0 Å². The van der Waals surface area contributed by atoms with Crippen molar-refractivity contribution >= 4 is 11.3 Å². The van der Waals surface area contributed by atoms with Crippen LogP contribution in [0, 0.1) is 11.8 Å². The topological polar surface area (TPSA) is 24.9 Å². The maximum absolute atomic E-state index is 4.93. The van der Waals surface area contributed by atoms with Crippen molar-refractivity contribution in [1.82, 2.24) is 10.3 Å². The smallest absolute Gasteiger partial charge is 0.113 e. The summed E-state index contributed by atoms with van der Waals surface area (Å²) in [5, 5.41) is 7.18. The van der Waals surface area contributed by atoms with Gasteiger partial charge in [0.2, 0.25) is 0 Å². The number of hydrogen-bond donors (Lipinski definition) is 1. The second-order valence-corrected chi connectivity index (χ2v) is 7.52. The fourth-order valence-electron chi connectivity index (χ4n) is 3.19. The van der Waals surface area contributed by atoms with E-state index in [0.717, 1.165) is 11.8 Å². The molecule has 0 amide bonds. The molecule has 19 heavy (non-hydrogen) atoms. The van der Waals surface area contributed by atoms with Gasteiger partial charge in [0, 0.05) is 5.38 Å². The van der Waals surface area contributed by atoms with Gasteiger partial charge >= 0.3 is 0 Å². The van der Waals surface area contributed by atoms with Crippen LogP contribution in [0.15, 0.2) is 5.38 Å². The summed E-state index contributed by atoms with van der Waals surface area (Å²) in [6.45, 7) is 9.17. The van der Waals surface area contributed by atoms with E-state index in [2.05, 4.69) is 45.4 Å². The zero-order valence-electron chi connectivity index (χ0n) is 13.0. The van der Waals surface area contributed by atoms with Crippen molar-refractivity contribution < 1.29 is 0 Å². The second-order valence-electron chi connectivity index (χ2n) is 6.66. The highest BCUT2D eigenvalue weighted by Crippen LogP contribution is 2.43. The Balaban J connectivity index is 2.25. The summed E-state index contributed by atoms with van der Waals surface area (Å²) < 4.78 is 0. The molecule has 1 aromatic heterocycles. The number of hydrogen-bond acceptors (Lipinski definition) is 3. The molecular weight excluding hydrogens is 252 g/mol. The monoisotopic (exact) mass is 280 g/mol. The first-order chi connectivity index (χ1) is 8.98. The largest absolute Gasteiger partial charge is 0.308 e. The van der Waals surface area contributed by atoms with Crippen LogP contribution in [0.2, 0.25) is 0 Å². The second kappa shape index (κ2) is 5.92. The molecule has 108 valence electrons. The van der Waals surface area contributed by atoms with Gasteiger partial charge in [-0.25, -0.2) is 4.98 Å². The summed E-state index contributed by atoms with van der Waals surface area (Å²) in [6.07, 6.45) is 5.17. The molecule has 3 heteroatoms. The minimum absolute atomic E-state index is 0.130. The van der Waals surface area contributed by atoms with E-state index in [-0.39, 0.29) is 5.54 Å². The molecule has 2 rings (SSSR count). The van der Waals surface area contributed by atoms with Crippen LogP contribution >= 0.6 is 11.3 Å². The normalized spacial score (nSPS) is 28.3. The highest BCUT2D eigenvalue weighted by molar-refractivity contribution is 7.09. The molecule has 0 saturated heterocycles. The number of nitrogens with zero attached hydrogens (tertiary/aromatic N) is 1. The third-order valence-corrected chi connectivity index (χ3v) is 5.80. The van der Waals surface area contributed by atoms with Crippen LogP contribution < -0.4 is 5.32 Å². The van der Waals surface area contributed by atoms with Gasteiger partial charge in [0.05, 0.1) is 11.2 Å². The van der Waals surface area contributed by atoms with Crippen LogP contribution in [0.25, 0.3) is 0 Å². The molecule has 0 aromatic carbocycles. The Morgan fingerprint density at radius 1 is 1.37 bits per heavy atom. The van der Waals surface area contributed by atoms with Crippen molar-refractivity contribution in [3.05, 3.63) is 16.1 Å². The highest BCUT2D eigenvalue weighted by Gasteiger charge is 2.39. The summed E-state index contributed by atoms with van der Waals surface area (Å²) in [5.74, 6) is 2.13. The molecule has 2 atom stereocenters. The molecule has 1 fully saturated rings. The summed E-state index contributed by atoms with van der Waals surface area (Å²) >= 11 is 1.85. The van der Waals surface area contributed by atoms with Gasteiger partial charge in [-0.05, 0) is 37.6 Å². The van der Waals surface area contributed by atoms with Gasteiger partial charge in [0.25, 0.3) is 0 Å². The van der Waals surface area contributed by atoms with Crippen LogP contribution in [-0.4, -0.2) is 12.0 Å². The molecule has 1 aliphatic carbocycles. The fraction of sp³-hybridized carbons (Fsp3) is 0.812. The van der Waals surface area contributed by atoms with Gasteiger partial charge in [-0.3, -0.25) is 0 Å². The number of nitrogens with one attached hydrogen (secondary N) is 1. The van der Waals surface area contributed by atoms with Gasteiger partial charge < -0.3 is 5.32 Å². The van der Waals surface area contributed by atoms with Crippen molar-refractivity contribution in [1.29, 1.82) is 0 Å². The molecule has 0 bridgehead atoms. The molecular formula is C16H28N2S. The van der Waals surface area contributed by atoms with E-state index in [0.29, 0.717) is 5.92 Å². The van der Waals surface area contributed by atoms with Crippen molar-refractivity contribution in [3.63, 3.8) is 0 Å². The van der Waals surface area contributed by atoms with E-state index >= 15 is 0 Å². The average molecular weight is 280 g/mol. The molecule has 0 spiro atoms. The van der Waals surface area contributed by atoms with Crippen LogP contribution in [0.4, 0.5) is 0 Å². The van der Waals surface area contributed by atoms with Gasteiger partial charge in [-0.15, -0.1) is 11.3 Å². The lowest BCUT2D eigenvalue weighted by Crippen LogP contribution is -2.45. The lowest BCUT2D eigenvalue weighted by Gasteiger charge is -2.41. The Hall–Kier alpha value is -0.410. The molecule has 1 heterocycles. The van der Waals surface area contributed by atoms with E-state index < -0.39 is 0 Å². The molecule has 1 N–H and O–H groups in total. The predicted molar refractivity (Wildman–Crippen MR) is 83.7 cm³/mol.